The summed E-state index contributed by atoms with van der Waals surface area (Å²) in [6.07, 6.45) is 7.09. The number of nitrogens with one attached hydrogen (secondary N) is 1. The number of benzene rings is 2. The van der Waals surface area contributed by atoms with Gasteiger partial charge in [-0.05, 0) is 36.6 Å². The molecule has 0 aromatic heterocycles. The van der Waals surface area contributed by atoms with E-state index in [1.807, 2.05) is 74.5 Å². The third kappa shape index (κ3) is 4.46. The van der Waals surface area contributed by atoms with Crippen molar-refractivity contribution in [3.63, 3.8) is 0 Å². The molecule has 0 atom stereocenters. The molecule has 2 aromatic carbocycles. The number of anilines is 1. The van der Waals surface area contributed by atoms with Gasteiger partial charge in [-0.15, -0.1) is 0 Å². The molecule has 2 nitrogen and oxygen atoms in total. The molecular weight excluding hydrogens is 258 g/mol. The Labute approximate surface area is 125 Å². The lowest BCUT2D eigenvalue weighted by Crippen LogP contribution is -2.09. The first-order valence-corrected chi connectivity index (χ1v) is 6.94. The van der Waals surface area contributed by atoms with Crippen LogP contribution in [0.5, 0.6) is 0 Å². The largest absolute Gasteiger partial charge is 0.322 e. The summed E-state index contributed by atoms with van der Waals surface area (Å²) in [4.78, 5) is 11.9. The lowest BCUT2D eigenvalue weighted by Gasteiger charge is -2.08. The lowest BCUT2D eigenvalue weighted by atomic mass is 10.1. The van der Waals surface area contributed by atoms with E-state index in [-0.39, 0.29) is 5.91 Å². The fourth-order valence-electron chi connectivity index (χ4n) is 1.93. The third-order valence-electron chi connectivity index (χ3n) is 3.31. The molecule has 0 radical (unpaired) electrons. The van der Waals surface area contributed by atoms with Crippen LogP contribution in [0.3, 0.4) is 0 Å². The Balaban J connectivity index is 1.94. The zero-order chi connectivity index (χ0) is 15.1. The monoisotopic (exact) mass is 277 g/mol. The van der Waals surface area contributed by atoms with Crippen molar-refractivity contribution >= 4 is 17.7 Å². The molecular formula is C19H19NO. The molecule has 0 bridgehead atoms. The fourth-order valence-corrected chi connectivity index (χ4v) is 1.93. The molecule has 1 N–H and O–H groups in total. The number of allylic oxidation sites excluding steroid dienone is 2. The Kier molecular flexibility index (Phi) is 5.10. The molecule has 0 saturated heterocycles. The van der Waals surface area contributed by atoms with E-state index < -0.39 is 0 Å². The highest BCUT2D eigenvalue weighted by molar-refractivity contribution is 6.00. The summed E-state index contributed by atoms with van der Waals surface area (Å²) in [7, 11) is 0. The first kappa shape index (κ1) is 14.8. The number of hydrogen-bond acceptors (Lipinski definition) is 1. The molecule has 0 unspecified atom stereocenters. The van der Waals surface area contributed by atoms with E-state index in [0.29, 0.717) is 0 Å². The van der Waals surface area contributed by atoms with Crippen molar-refractivity contribution < 1.29 is 4.79 Å². The van der Waals surface area contributed by atoms with Gasteiger partial charge in [-0.3, -0.25) is 4.79 Å². The topological polar surface area (TPSA) is 29.1 Å². The normalized spacial score (nSPS) is 11.1. The first-order valence-electron chi connectivity index (χ1n) is 6.94. The number of amides is 1. The van der Waals surface area contributed by atoms with Gasteiger partial charge >= 0.3 is 0 Å². The van der Waals surface area contributed by atoms with Crippen molar-refractivity contribution in [2.24, 2.45) is 0 Å². The van der Waals surface area contributed by atoms with Crippen LogP contribution in [0.2, 0.25) is 0 Å². The zero-order valence-electron chi connectivity index (χ0n) is 12.3. The van der Waals surface area contributed by atoms with Gasteiger partial charge in [0.05, 0.1) is 0 Å². The van der Waals surface area contributed by atoms with Crippen molar-refractivity contribution in [3.05, 3.63) is 83.4 Å². The van der Waals surface area contributed by atoms with Crippen LogP contribution in [-0.2, 0) is 4.79 Å². The number of carbonyl (C=O) groups is 1. The van der Waals surface area contributed by atoms with Crippen LogP contribution in [0.15, 0.2) is 66.8 Å². The smallest absolute Gasteiger partial charge is 0.248 e. The predicted octanol–water partition coefficient (Wildman–Crippen LogP) is 4.51. The fraction of sp³-hybridized carbons (Fsp3) is 0.105. The first-order chi connectivity index (χ1) is 10.2. The Bertz CT molecular complexity index is 669. The van der Waals surface area contributed by atoms with Crippen molar-refractivity contribution in [2.45, 2.75) is 13.8 Å². The highest BCUT2D eigenvalue weighted by Crippen LogP contribution is 2.17. The highest BCUT2D eigenvalue weighted by atomic mass is 16.1. The van der Waals surface area contributed by atoms with E-state index in [1.165, 1.54) is 11.6 Å². The molecule has 0 aliphatic carbocycles. The average Bonchev–Trinajstić information content (AvgIpc) is 2.49. The van der Waals surface area contributed by atoms with E-state index in [9.17, 15) is 4.79 Å². The van der Waals surface area contributed by atoms with Gasteiger partial charge in [0.1, 0.15) is 0 Å². The standard InChI is InChI=1S/C19H19NO/c1-15-9-8-13-18(16(15)2)20-19(21)14-7-6-12-17-10-4-3-5-11-17/h3-14H,1-2H3,(H,20,21). The SMILES string of the molecule is Cc1cccc(NC(=O)C=CC=Cc2ccccc2)c1C. The van der Waals surface area contributed by atoms with Crippen LogP contribution in [-0.4, -0.2) is 5.91 Å². The molecule has 0 fully saturated rings. The van der Waals surface area contributed by atoms with Gasteiger partial charge in [0.25, 0.3) is 0 Å². The van der Waals surface area contributed by atoms with Crippen LogP contribution in [0.4, 0.5) is 5.69 Å². The lowest BCUT2D eigenvalue weighted by molar-refractivity contribution is -0.111. The maximum absolute atomic E-state index is 11.9. The quantitative estimate of drug-likeness (QED) is 0.646. The molecule has 0 aliphatic rings. The number of hydrogen-bond donors (Lipinski definition) is 1. The van der Waals surface area contributed by atoms with E-state index in [0.717, 1.165) is 16.8 Å². The minimum absolute atomic E-state index is 0.124. The van der Waals surface area contributed by atoms with Crippen molar-refractivity contribution in [2.75, 3.05) is 5.32 Å². The summed E-state index contributed by atoms with van der Waals surface area (Å²) in [5.41, 5.74) is 4.23. The molecule has 106 valence electrons. The van der Waals surface area contributed by atoms with E-state index >= 15 is 0 Å². The minimum Gasteiger partial charge on any atom is -0.322 e. The Morgan fingerprint density at radius 1 is 0.952 bits per heavy atom. The maximum atomic E-state index is 11.9. The zero-order valence-corrected chi connectivity index (χ0v) is 12.3. The van der Waals surface area contributed by atoms with Crippen molar-refractivity contribution in [1.29, 1.82) is 0 Å². The minimum atomic E-state index is -0.124. The average molecular weight is 277 g/mol. The van der Waals surface area contributed by atoms with Crippen LogP contribution in [0.25, 0.3) is 6.08 Å². The Hall–Kier alpha value is -2.61. The molecule has 0 heterocycles. The van der Waals surface area contributed by atoms with Gasteiger partial charge in [-0.2, -0.15) is 0 Å². The third-order valence-corrected chi connectivity index (χ3v) is 3.31. The van der Waals surface area contributed by atoms with Gasteiger partial charge in [-0.25, -0.2) is 0 Å². The number of aryl methyl sites for hydroxylation is 1. The molecule has 0 aliphatic heterocycles. The van der Waals surface area contributed by atoms with Gasteiger partial charge in [0.2, 0.25) is 5.91 Å². The second-order valence-electron chi connectivity index (χ2n) is 4.87. The Morgan fingerprint density at radius 3 is 2.48 bits per heavy atom. The summed E-state index contributed by atoms with van der Waals surface area (Å²) in [6.45, 7) is 4.04. The van der Waals surface area contributed by atoms with Gasteiger partial charge in [0.15, 0.2) is 0 Å². The second kappa shape index (κ2) is 7.25. The van der Waals surface area contributed by atoms with Crippen LogP contribution >= 0.6 is 0 Å². The summed E-state index contributed by atoms with van der Waals surface area (Å²) in [5.74, 6) is -0.124. The summed E-state index contributed by atoms with van der Waals surface area (Å²) < 4.78 is 0. The summed E-state index contributed by atoms with van der Waals surface area (Å²) in [5, 5.41) is 2.89. The molecule has 2 heteroatoms. The molecule has 1 amide bonds. The van der Waals surface area contributed by atoms with E-state index in [4.69, 9.17) is 0 Å². The molecule has 0 saturated carbocycles. The molecule has 2 rings (SSSR count). The van der Waals surface area contributed by atoms with Crippen molar-refractivity contribution in [1.82, 2.24) is 0 Å². The number of carbonyl (C=O) groups excluding carboxylic acids is 1. The predicted molar refractivity (Wildman–Crippen MR) is 89.2 cm³/mol. The van der Waals surface area contributed by atoms with E-state index in [1.54, 1.807) is 6.08 Å². The highest BCUT2D eigenvalue weighted by Gasteiger charge is 2.02. The van der Waals surface area contributed by atoms with Crippen LogP contribution in [0.1, 0.15) is 16.7 Å². The molecule has 2 aromatic rings. The van der Waals surface area contributed by atoms with Crippen LogP contribution in [0, 0.1) is 13.8 Å². The number of rotatable bonds is 4. The van der Waals surface area contributed by atoms with E-state index in [2.05, 4.69) is 5.32 Å². The van der Waals surface area contributed by atoms with Crippen molar-refractivity contribution in [3.8, 4) is 0 Å². The van der Waals surface area contributed by atoms with Crippen LogP contribution < -0.4 is 5.32 Å². The molecule has 0 spiro atoms. The summed E-state index contributed by atoms with van der Waals surface area (Å²) in [6, 6.07) is 15.9. The summed E-state index contributed by atoms with van der Waals surface area (Å²) >= 11 is 0. The maximum Gasteiger partial charge on any atom is 0.248 e. The van der Waals surface area contributed by atoms with Gasteiger partial charge in [0, 0.05) is 11.8 Å². The van der Waals surface area contributed by atoms with Gasteiger partial charge < -0.3 is 5.32 Å². The van der Waals surface area contributed by atoms with Gasteiger partial charge in [-0.1, -0.05) is 60.7 Å². The molecule has 21 heavy (non-hydrogen) atoms. The second-order valence-corrected chi connectivity index (χ2v) is 4.87. The Morgan fingerprint density at radius 2 is 1.71 bits per heavy atom.